The summed E-state index contributed by atoms with van der Waals surface area (Å²) in [6.07, 6.45) is 3.57. The van der Waals surface area contributed by atoms with E-state index in [2.05, 4.69) is 10.2 Å². The maximum atomic E-state index is 12.4. The van der Waals surface area contributed by atoms with Gasteiger partial charge in [0.1, 0.15) is 0 Å². The molecule has 0 aliphatic rings. The number of hydrogen-bond acceptors (Lipinski definition) is 4. The monoisotopic (exact) mass is 359 g/mol. The van der Waals surface area contributed by atoms with Gasteiger partial charge in [-0.25, -0.2) is 4.79 Å². The van der Waals surface area contributed by atoms with Gasteiger partial charge in [0, 0.05) is 17.6 Å². The Morgan fingerprint density at radius 2 is 1.93 bits per heavy atom. The Bertz CT molecular complexity index is 1190. The van der Waals surface area contributed by atoms with Crippen LogP contribution in [0, 0.1) is 0 Å². The lowest BCUT2D eigenvalue weighted by Crippen LogP contribution is -2.20. The van der Waals surface area contributed by atoms with E-state index < -0.39 is 5.97 Å². The Balaban J connectivity index is 1.73. The molecule has 0 atom stereocenters. The van der Waals surface area contributed by atoms with Crippen LogP contribution in [0.1, 0.15) is 15.9 Å². The van der Waals surface area contributed by atoms with Crippen LogP contribution >= 0.6 is 0 Å². The average Bonchev–Trinajstić information content (AvgIpc) is 3.17. The molecule has 27 heavy (non-hydrogen) atoms. The molecule has 0 amide bonds. The molecule has 0 saturated carbocycles. The van der Waals surface area contributed by atoms with E-state index in [-0.39, 0.29) is 12.1 Å². The van der Waals surface area contributed by atoms with Crippen LogP contribution in [-0.4, -0.2) is 27.8 Å². The van der Waals surface area contributed by atoms with Crippen LogP contribution in [0.3, 0.4) is 0 Å². The quantitative estimate of drug-likeness (QED) is 0.568. The van der Waals surface area contributed by atoms with E-state index in [9.17, 15) is 9.59 Å². The second-order valence-electron chi connectivity index (χ2n) is 6.20. The number of rotatable bonds is 4. The molecule has 2 heterocycles. The van der Waals surface area contributed by atoms with Gasteiger partial charge in [-0.1, -0.05) is 30.3 Å². The van der Waals surface area contributed by atoms with Gasteiger partial charge in [0.2, 0.25) is 0 Å². The number of aromatic nitrogens is 3. The highest BCUT2D eigenvalue weighted by atomic mass is 16.5. The molecule has 0 bridgehead atoms. The molecule has 4 aromatic rings. The number of esters is 1. The first-order chi connectivity index (χ1) is 13.2. The fraction of sp³-hybridized carbons (Fsp3) is 0.0952. The topological polar surface area (TPSA) is 77.0 Å². The van der Waals surface area contributed by atoms with Gasteiger partial charge in [0.05, 0.1) is 30.9 Å². The zero-order chi connectivity index (χ0) is 18.8. The van der Waals surface area contributed by atoms with Crippen LogP contribution < -0.4 is 5.56 Å². The summed E-state index contributed by atoms with van der Waals surface area (Å²) in [5, 5.41) is 8.01. The molecule has 4 rings (SSSR count). The van der Waals surface area contributed by atoms with Crippen molar-refractivity contribution in [2.24, 2.45) is 0 Å². The van der Waals surface area contributed by atoms with Crippen molar-refractivity contribution >= 4 is 16.9 Å². The second kappa shape index (κ2) is 6.92. The first-order valence-electron chi connectivity index (χ1n) is 8.46. The van der Waals surface area contributed by atoms with E-state index in [0.717, 1.165) is 27.6 Å². The number of H-pyrrole nitrogens is 1. The molecule has 6 heteroatoms. The van der Waals surface area contributed by atoms with Gasteiger partial charge in [-0.3, -0.25) is 9.89 Å². The van der Waals surface area contributed by atoms with Gasteiger partial charge in [0.15, 0.2) is 0 Å². The Kier molecular flexibility index (Phi) is 4.30. The van der Waals surface area contributed by atoms with Crippen LogP contribution in [-0.2, 0) is 11.3 Å². The molecule has 0 radical (unpaired) electrons. The lowest BCUT2D eigenvalue weighted by Gasteiger charge is -2.11. The van der Waals surface area contributed by atoms with Crippen molar-refractivity contribution < 1.29 is 9.53 Å². The highest BCUT2D eigenvalue weighted by Crippen LogP contribution is 2.22. The lowest BCUT2D eigenvalue weighted by atomic mass is 10.1. The third kappa shape index (κ3) is 3.25. The first-order valence-corrected chi connectivity index (χ1v) is 8.46. The Morgan fingerprint density at radius 3 is 2.78 bits per heavy atom. The molecule has 0 fully saturated rings. The number of hydrogen-bond donors (Lipinski definition) is 1. The molecule has 0 aliphatic heterocycles. The zero-order valence-corrected chi connectivity index (χ0v) is 14.7. The molecule has 0 spiro atoms. The summed E-state index contributed by atoms with van der Waals surface area (Å²) in [5.74, 6) is -0.417. The number of carbonyl (C=O) groups is 1. The fourth-order valence-corrected chi connectivity index (χ4v) is 3.09. The van der Waals surface area contributed by atoms with Crippen LogP contribution in [0.25, 0.3) is 22.0 Å². The molecule has 6 nitrogen and oxygen atoms in total. The fourth-order valence-electron chi connectivity index (χ4n) is 3.09. The molecule has 0 aliphatic carbocycles. The maximum Gasteiger partial charge on any atom is 0.338 e. The van der Waals surface area contributed by atoms with Crippen molar-refractivity contribution in [3.63, 3.8) is 0 Å². The Hall–Kier alpha value is -3.67. The normalized spacial score (nSPS) is 10.9. The molecule has 1 N–H and O–H groups in total. The molecular formula is C21H17N3O3. The Morgan fingerprint density at radius 1 is 1.11 bits per heavy atom. The van der Waals surface area contributed by atoms with Crippen molar-refractivity contribution in [1.29, 1.82) is 0 Å². The molecule has 0 saturated heterocycles. The lowest BCUT2D eigenvalue weighted by molar-refractivity contribution is 0.0599. The predicted octanol–water partition coefficient (Wildman–Crippen LogP) is 3.23. The largest absolute Gasteiger partial charge is 0.465 e. The SMILES string of the molecule is COC(=O)c1ccccc1Cn1cc(-c2ccc3cn[nH]c3c2)ccc1=O. The van der Waals surface area contributed by atoms with Crippen LogP contribution in [0.4, 0.5) is 0 Å². The minimum atomic E-state index is -0.417. The third-order valence-electron chi connectivity index (χ3n) is 4.52. The van der Waals surface area contributed by atoms with Crippen LogP contribution in [0.15, 0.2) is 71.8 Å². The number of ether oxygens (including phenoxy) is 1. The van der Waals surface area contributed by atoms with Crippen molar-refractivity contribution in [2.45, 2.75) is 6.54 Å². The number of benzene rings is 2. The molecule has 2 aromatic carbocycles. The van der Waals surface area contributed by atoms with Gasteiger partial charge in [-0.05, 0) is 34.9 Å². The maximum absolute atomic E-state index is 12.4. The molecule has 0 unspecified atom stereocenters. The van der Waals surface area contributed by atoms with Crippen LogP contribution in [0.5, 0.6) is 0 Å². The van der Waals surface area contributed by atoms with E-state index in [1.807, 2.05) is 30.3 Å². The minimum Gasteiger partial charge on any atom is -0.465 e. The molecule has 134 valence electrons. The van der Waals surface area contributed by atoms with Crippen LogP contribution in [0.2, 0.25) is 0 Å². The number of carbonyl (C=O) groups excluding carboxylic acids is 1. The smallest absolute Gasteiger partial charge is 0.338 e. The summed E-state index contributed by atoms with van der Waals surface area (Å²) in [7, 11) is 1.34. The highest BCUT2D eigenvalue weighted by molar-refractivity contribution is 5.91. The van der Waals surface area contributed by atoms with E-state index in [0.29, 0.717) is 5.56 Å². The van der Waals surface area contributed by atoms with Crippen molar-refractivity contribution in [3.05, 3.63) is 88.5 Å². The van der Waals surface area contributed by atoms with Gasteiger partial charge < -0.3 is 9.30 Å². The summed E-state index contributed by atoms with van der Waals surface area (Å²) in [4.78, 5) is 24.3. The van der Waals surface area contributed by atoms with E-state index in [1.165, 1.54) is 13.2 Å². The summed E-state index contributed by atoms with van der Waals surface area (Å²) in [5.41, 5.74) is 3.86. The number of pyridine rings is 1. The summed E-state index contributed by atoms with van der Waals surface area (Å²) < 4.78 is 6.43. The van der Waals surface area contributed by atoms with Crippen molar-refractivity contribution in [3.8, 4) is 11.1 Å². The number of nitrogens with zero attached hydrogens (tertiary/aromatic N) is 2. The van der Waals surface area contributed by atoms with E-state index in [4.69, 9.17) is 4.74 Å². The Labute approximate surface area is 155 Å². The van der Waals surface area contributed by atoms with Gasteiger partial charge in [0.25, 0.3) is 5.56 Å². The van der Waals surface area contributed by atoms with E-state index in [1.54, 1.807) is 35.2 Å². The van der Waals surface area contributed by atoms with E-state index >= 15 is 0 Å². The second-order valence-corrected chi connectivity index (χ2v) is 6.20. The number of aromatic amines is 1. The number of nitrogens with one attached hydrogen (secondary N) is 1. The predicted molar refractivity (Wildman–Crippen MR) is 103 cm³/mol. The first kappa shape index (κ1) is 16.8. The van der Waals surface area contributed by atoms with Gasteiger partial charge in [-0.2, -0.15) is 5.10 Å². The van der Waals surface area contributed by atoms with Crippen molar-refractivity contribution in [1.82, 2.24) is 14.8 Å². The highest BCUT2D eigenvalue weighted by Gasteiger charge is 2.12. The number of methoxy groups -OCH3 is 1. The zero-order valence-electron chi connectivity index (χ0n) is 14.7. The van der Waals surface area contributed by atoms with Gasteiger partial charge >= 0.3 is 5.97 Å². The summed E-state index contributed by atoms with van der Waals surface area (Å²) >= 11 is 0. The summed E-state index contributed by atoms with van der Waals surface area (Å²) in [6, 6.07) is 16.4. The minimum absolute atomic E-state index is 0.138. The van der Waals surface area contributed by atoms with Crippen molar-refractivity contribution in [2.75, 3.05) is 7.11 Å². The average molecular weight is 359 g/mol. The summed E-state index contributed by atoms with van der Waals surface area (Å²) in [6.45, 7) is 0.282. The molecular weight excluding hydrogens is 342 g/mol. The standard InChI is InChI=1S/C21H17N3O3/c1-27-21(26)18-5-3-2-4-17(18)13-24-12-16(8-9-20(24)25)14-6-7-15-11-22-23-19(15)10-14/h2-12H,13H2,1H3,(H,22,23). The third-order valence-corrected chi connectivity index (χ3v) is 4.52. The number of fused-ring (bicyclic) bond motifs is 1. The van der Waals surface area contributed by atoms with Gasteiger partial charge in [-0.15, -0.1) is 0 Å². The molecule has 2 aromatic heterocycles.